The van der Waals surface area contributed by atoms with Crippen molar-refractivity contribution in [3.63, 3.8) is 0 Å². The Morgan fingerprint density at radius 2 is 1.32 bits per heavy atom. The molecule has 3 nitrogen and oxygen atoms in total. The lowest BCUT2D eigenvalue weighted by atomic mass is 9.88. The molecule has 178 valence electrons. The number of allylic oxidation sites excluding steroid dienone is 1. The Labute approximate surface area is 209 Å². The predicted molar refractivity (Wildman–Crippen MR) is 143 cm³/mol. The third-order valence-electron chi connectivity index (χ3n) is 6.49. The summed E-state index contributed by atoms with van der Waals surface area (Å²) < 4.78 is 11.4. The van der Waals surface area contributed by atoms with Crippen molar-refractivity contribution in [3.8, 4) is 11.5 Å². The van der Waals surface area contributed by atoms with Crippen molar-refractivity contribution in [2.45, 2.75) is 32.6 Å². The number of hydrogen-bond acceptors (Lipinski definition) is 3. The normalized spacial score (nSPS) is 15.0. The van der Waals surface area contributed by atoms with E-state index in [1.54, 1.807) is 7.11 Å². The highest BCUT2D eigenvalue weighted by molar-refractivity contribution is 6.30. The van der Waals surface area contributed by atoms with Crippen molar-refractivity contribution in [3.05, 3.63) is 94.5 Å². The number of piperidine rings is 1. The van der Waals surface area contributed by atoms with E-state index in [-0.39, 0.29) is 0 Å². The smallest absolute Gasteiger partial charge is 0.119 e. The molecular weight excluding hydrogens is 442 g/mol. The molecule has 0 unspecified atom stereocenters. The van der Waals surface area contributed by atoms with Crippen LogP contribution in [0.3, 0.4) is 0 Å². The molecule has 0 spiro atoms. The maximum Gasteiger partial charge on any atom is 0.119 e. The van der Waals surface area contributed by atoms with Crippen LogP contribution in [-0.2, 0) is 0 Å². The lowest BCUT2D eigenvalue weighted by Crippen LogP contribution is -2.33. The van der Waals surface area contributed by atoms with Crippen LogP contribution in [0.15, 0.2) is 72.8 Å². The molecule has 0 aromatic heterocycles. The Bertz CT molecular complexity index is 1070. The quantitative estimate of drug-likeness (QED) is 0.297. The van der Waals surface area contributed by atoms with E-state index in [9.17, 15) is 0 Å². The average molecular weight is 476 g/mol. The minimum absolute atomic E-state index is 0.727. The molecule has 4 rings (SSSR count). The van der Waals surface area contributed by atoms with Crippen molar-refractivity contribution in [2.75, 3.05) is 33.4 Å². The first-order valence-electron chi connectivity index (χ1n) is 12.3. The molecule has 0 bridgehead atoms. The summed E-state index contributed by atoms with van der Waals surface area (Å²) in [5.41, 5.74) is 6.00. The highest BCUT2D eigenvalue weighted by Crippen LogP contribution is 2.36. The molecule has 1 fully saturated rings. The van der Waals surface area contributed by atoms with Gasteiger partial charge in [-0.15, -0.1) is 0 Å². The molecule has 0 N–H and O–H groups in total. The van der Waals surface area contributed by atoms with Gasteiger partial charge in [0.2, 0.25) is 0 Å². The van der Waals surface area contributed by atoms with Crippen LogP contribution in [0.5, 0.6) is 11.5 Å². The number of ether oxygens (including phenoxy) is 2. The number of methoxy groups -OCH3 is 1. The molecule has 1 saturated heterocycles. The minimum Gasteiger partial charge on any atom is -0.497 e. The second kappa shape index (κ2) is 12.1. The highest BCUT2D eigenvalue weighted by Gasteiger charge is 2.14. The van der Waals surface area contributed by atoms with Crippen molar-refractivity contribution in [1.29, 1.82) is 0 Å². The Kier molecular flexibility index (Phi) is 8.67. The number of rotatable bonds is 9. The van der Waals surface area contributed by atoms with Crippen LogP contribution in [-0.4, -0.2) is 38.3 Å². The van der Waals surface area contributed by atoms with Crippen LogP contribution in [0.2, 0.25) is 5.02 Å². The van der Waals surface area contributed by atoms with Gasteiger partial charge in [0, 0.05) is 11.6 Å². The Hall–Kier alpha value is -2.75. The molecule has 0 aliphatic carbocycles. The second-order valence-electron chi connectivity index (χ2n) is 8.72. The standard InChI is InChI=1S/C30H34ClNO2/c1-3-29(23-9-15-27(33-2)16-10-23)30(24-7-13-26(31)14-8-24)25-11-17-28(18-12-25)34-22-21-32-19-5-4-6-20-32/h7-18H,3-6,19-22H2,1-2H3/b30-29+. The minimum atomic E-state index is 0.727. The zero-order valence-corrected chi connectivity index (χ0v) is 21.0. The van der Waals surface area contributed by atoms with Crippen LogP contribution in [0.25, 0.3) is 11.1 Å². The van der Waals surface area contributed by atoms with Gasteiger partial charge >= 0.3 is 0 Å². The fraction of sp³-hybridized carbons (Fsp3) is 0.333. The summed E-state index contributed by atoms with van der Waals surface area (Å²) >= 11 is 6.20. The van der Waals surface area contributed by atoms with Crippen LogP contribution in [0, 0.1) is 0 Å². The summed E-state index contributed by atoms with van der Waals surface area (Å²) in [6.07, 6.45) is 4.88. The van der Waals surface area contributed by atoms with E-state index in [1.807, 2.05) is 24.3 Å². The summed E-state index contributed by atoms with van der Waals surface area (Å²) in [5, 5.41) is 0.739. The molecule has 0 radical (unpaired) electrons. The van der Waals surface area contributed by atoms with E-state index < -0.39 is 0 Å². The lowest BCUT2D eigenvalue weighted by Gasteiger charge is -2.26. The van der Waals surface area contributed by atoms with Crippen molar-refractivity contribution < 1.29 is 9.47 Å². The maximum atomic E-state index is 6.20. The Morgan fingerprint density at radius 3 is 1.91 bits per heavy atom. The van der Waals surface area contributed by atoms with Crippen molar-refractivity contribution in [1.82, 2.24) is 4.90 Å². The summed E-state index contributed by atoms with van der Waals surface area (Å²) in [4.78, 5) is 2.50. The van der Waals surface area contributed by atoms with Crippen LogP contribution in [0.4, 0.5) is 0 Å². The molecule has 0 amide bonds. The van der Waals surface area contributed by atoms with Gasteiger partial charge in [-0.05, 0) is 96.6 Å². The average Bonchev–Trinajstić information content (AvgIpc) is 2.89. The molecule has 4 heteroatoms. The first-order chi connectivity index (χ1) is 16.7. The van der Waals surface area contributed by atoms with E-state index in [0.717, 1.165) is 41.7 Å². The Balaban J connectivity index is 1.60. The van der Waals surface area contributed by atoms with Gasteiger partial charge in [-0.25, -0.2) is 0 Å². The summed E-state index contributed by atoms with van der Waals surface area (Å²) in [6, 6.07) is 24.9. The van der Waals surface area contributed by atoms with Gasteiger partial charge in [-0.3, -0.25) is 4.90 Å². The molecule has 1 aliphatic heterocycles. The molecule has 3 aromatic rings. The van der Waals surface area contributed by atoms with Gasteiger partial charge in [0.15, 0.2) is 0 Å². The number of likely N-dealkylation sites (tertiary alicyclic amines) is 1. The fourth-order valence-corrected chi connectivity index (χ4v) is 4.77. The van der Waals surface area contributed by atoms with E-state index in [2.05, 4.69) is 60.4 Å². The number of benzene rings is 3. The zero-order chi connectivity index (χ0) is 23.8. The van der Waals surface area contributed by atoms with E-state index >= 15 is 0 Å². The van der Waals surface area contributed by atoms with Gasteiger partial charge in [0.1, 0.15) is 18.1 Å². The Morgan fingerprint density at radius 1 is 0.765 bits per heavy atom. The monoisotopic (exact) mass is 475 g/mol. The van der Waals surface area contributed by atoms with E-state index in [0.29, 0.717) is 0 Å². The first kappa shape index (κ1) is 24.4. The SMILES string of the molecule is CC/C(=C(/c1ccc(Cl)cc1)c1ccc(OCCN2CCCCC2)cc1)c1ccc(OC)cc1. The summed E-state index contributed by atoms with van der Waals surface area (Å²) in [6.45, 7) is 6.32. The molecule has 0 atom stereocenters. The molecule has 34 heavy (non-hydrogen) atoms. The maximum absolute atomic E-state index is 6.20. The third-order valence-corrected chi connectivity index (χ3v) is 6.75. The lowest BCUT2D eigenvalue weighted by molar-refractivity contribution is 0.183. The van der Waals surface area contributed by atoms with Gasteiger partial charge < -0.3 is 9.47 Å². The predicted octanol–water partition coefficient (Wildman–Crippen LogP) is 7.58. The van der Waals surface area contributed by atoms with Gasteiger partial charge in [0.25, 0.3) is 0 Å². The van der Waals surface area contributed by atoms with E-state index in [4.69, 9.17) is 21.1 Å². The van der Waals surface area contributed by atoms with Gasteiger partial charge in [-0.1, -0.05) is 61.3 Å². The van der Waals surface area contributed by atoms with E-state index in [1.165, 1.54) is 54.6 Å². The van der Waals surface area contributed by atoms with Crippen LogP contribution in [0.1, 0.15) is 49.3 Å². The van der Waals surface area contributed by atoms with Crippen LogP contribution < -0.4 is 9.47 Å². The fourth-order valence-electron chi connectivity index (χ4n) is 4.64. The molecular formula is C30H34ClNO2. The van der Waals surface area contributed by atoms with Gasteiger partial charge in [0.05, 0.1) is 7.11 Å². The van der Waals surface area contributed by atoms with Crippen LogP contribution >= 0.6 is 11.6 Å². The summed E-state index contributed by atoms with van der Waals surface area (Å²) in [5.74, 6) is 1.78. The largest absolute Gasteiger partial charge is 0.497 e. The van der Waals surface area contributed by atoms with Gasteiger partial charge in [-0.2, -0.15) is 0 Å². The number of halogens is 1. The molecule has 1 aliphatic rings. The number of hydrogen-bond donors (Lipinski definition) is 0. The zero-order valence-electron chi connectivity index (χ0n) is 20.2. The molecule has 0 saturated carbocycles. The molecule has 3 aromatic carbocycles. The number of nitrogens with zero attached hydrogens (tertiary/aromatic N) is 1. The summed E-state index contributed by atoms with van der Waals surface area (Å²) in [7, 11) is 1.70. The highest BCUT2D eigenvalue weighted by atomic mass is 35.5. The molecule has 1 heterocycles. The van der Waals surface area contributed by atoms with Crippen molar-refractivity contribution in [2.24, 2.45) is 0 Å². The topological polar surface area (TPSA) is 21.7 Å². The second-order valence-corrected chi connectivity index (χ2v) is 9.15. The first-order valence-corrected chi connectivity index (χ1v) is 12.6. The third kappa shape index (κ3) is 6.22. The van der Waals surface area contributed by atoms with Crippen molar-refractivity contribution >= 4 is 22.7 Å².